The minimum absolute atomic E-state index is 0.0573. The lowest BCUT2D eigenvalue weighted by Crippen LogP contribution is -2.40. The molecule has 4 rings (SSSR count). The summed E-state index contributed by atoms with van der Waals surface area (Å²) in [4.78, 5) is 10.4. The van der Waals surface area contributed by atoms with E-state index in [0.29, 0.717) is 18.0 Å². The molecule has 1 aromatic heterocycles. The molecule has 1 saturated heterocycles. The van der Waals surface area contributed by atoms with E-state index in [0.717, 1.165) is 19.6 Å². The SMILES string of the molecule is [2H]c1nc(Nc2ccc(OCCN3CCCC3)cc2)nc(Nc2cccc(S(=O)(=O)NC(C)(C)C([2H])([2H])[2H])c2)c1C([2H])([2H])[2H]. The van der Waals surface area contributed by atoms with E-state index in [1.54, 1.807) is 24.3 Å². The van der Waals surface area contributed by atoms with Crippen LogP contribution in [-0.2, 0) is 10.0 Å². The second-order valence-electron chi connectivity index (χ2n) is 9.31. The molecular weight excluding hydrogens is 488 g/mol. The van der Waals surface area contributed by atoms with Gasteiger partial charge in [-0.15, -0.1) is 0 Å². The van der Waals surface area contributed by atoms with Crippen molar-refractivity contribution < 1.29 is 22.7 Å². The van der Waals surface area contributed by atoms with Crippen LogP contribution in [0.2, 0.25) is 0 Å². The Balaban J connectivity index is 1.54. The summed E-state index contributed by atoms with van der Waals surface area (Å²) in [5.74, 6) is 0.404. The zero-order valence-corrected chi connectivity index (χ0v) is 21.7. The monoisotopic (exact) mass is 531 g/mol. The van der Waals surface area contributed by atoms with E-state index in [1.807, 2.05) is 0 Å². The fourth-order valence-electron chi connectivity index (χ4n) is 3.83. The molecule has 198 valence electrons. The molecule has 0 bridgehead atoms. The lowest BCUT2D eigenvalue weighted by atomic mass is 10.1. The minimum atomic E-state index is -4.28. The van der Waals surface area contributed by atoms with Crippen molar-refractivity contribution in [3.63, 3.8) is 0 Å². The van der Waals surface area contributed by atoms with E-state index < -0.39 is 41.0 Å². The van der Waals surface area contributed by atoms with E-state index in [1.165, 1.54) is 51.0 Å². The molecule has 0 radical (unpaired) electrons. The maximum Gasteiger partial charge on any atom is 0.241 e. The summed E-state index contributed by atoms with van der Waals surface area (Å²) in [5.41, 5.74) is -1.50. The van der Waals surface area contributed by atoms with E-state index >= 15 is 0 Å². The highest BCUT2D eigenvalue weighted by molar-refractivity contribution is 7.89. The first-order valence-electron chi connectivity index (χ1n) is 15.5. The molecule has 2 heterocycles. The Morgan fingerprint density at radius 2 is 1.89 bits per heavy atom. The zero-order valence-electron chi connectivity index (χ0n) is 27.8. The van der Waals surface area contributed by atoms with Crippen LogP contribution in [0, 0.1) is 6.85 Å². The maximum atomic E-state index is 13.0. The van der Waals surface area contributed by atoms with Gasteiger partial charge in [0.2, 0.25) is 16.0 Å². The molecule has 37 heavy (non-hydrogen) atoms. The first-order chi connectivity index (χ1) is 20.4. The number of ether oxygens (including phenoxy) is 1. The van der Waals surface area contributed by atoms with Crippen molar-refractivity contribution in [2.75, 3.05) is 36.9 Å². The highest BCUT2D eigenvalue weighted by atomic mass is 32.2. The Labute approximate surface area is 229 Å². The van der Waals surface area contributed by atoms with Gasteiger partial charge < -0.3 is 15.4 Å². The molecule has 10 heteroatoms. The zero-order chi connectivity index (χ0) is 32.3. The number of nitrogens with one attached hydrogen (secondary N) is 3. The average Bonchev–Trinajstić information content (AvgIpc) is 3.41. The smallest absolute Gasteiger partial charge is 0.241 e. The quantitative estimate of drug-likeness (QED) is 0.342. The van der Waals surface area contributed by atoms with Gasteiger partial charge in [-0.3, -0.25) is 4.90 Å². The molecule has 2 aromatic carbocycles. The largest absolute Gasteiger partial charge is 0.492 e. The van der Waals surface area contributed by atoms with Crippen molar-refractivity contribution in [2.24, 2.45) is 0 Å². The van der Waals surface area contributed by atoms with Crippen LogP contribution >= 0.6 is 0 Å². The van der Waals surface area contributed by atoms with Gasteiger partial charge >= 0.3 is 0 Å². The molecule has 3 N–H and O–H groups in total. The van der Waals surface area contributed by atoms with E-state index in [4.69, 9.17) is 14.3 Å². The Morgan fingerprint density at radius 3 is 2.62 bits per heavy atom. The molecule has 9 nitrogen and oxygen atoms in total. The third kappa shape index (κ3) is 7.88. The van der Waals surface area contributed by atoms with Gasteiger partial charge in [0.15, 0.2) is 0 Å². The summed E-state index contributed by atoms with van der Waals surface area (Å²) in [5, 5.41) is 5.77. The summed E-state index contributed by atoms with van der Waals surface area (Å²) < 4.78 is 89.1. The molecule has 0 saturated carbocycles. The van der Waals surface area contributed by atoms with Crippen molar-refractivity contribution in [2.45, 2.75) is 50.8 Å². The molecule has 3 aromatic rings. The molecule has 0 atom stereocenters. The van der Waals surface area contributed by atoms with Gasteiger partial charge in [0, 0.05) is 43.4 Å². The van der Waals surface area contributed by atoms with Gasteiger partial charge in [0.25, 0.3) is 0 Å². The van der Waals surface area contributed by atoms with Crippen molar-refractivity contribution >= 4 is 33.2 Å². The minimum Gasteiger partial charge on any atom is -0.492 e. The molecule has 1 fully saturated rings. The van der Waals surface area contributed by atoms with Gasteiger partial charge in [-0.2, -0.15) is 4.98 Å². The van der Waals surface area contributed by atoms with E-state index in [2.05, 4.69) is 30.2 Å². The number of hydrogen-bond acceptors (Lipinski definition) is 8. The van der Waals surface area contributed by atoms with Crippen LogP contribution in [-0.4, -0.2) is 55.1 Å². The van der Waals surface area contributed by atoms with Gasteiger partial charge in [-0.25, -0.2) is 18.1 Å². The van der Waals surface area contributed by atoms with Crippen LogP contribution in [0.4, 0.5) is 23.1 Å². The van der Waals surface area contributed by atoms with E-state index in [9.17, 15) is 8.42 Å². The number of hydrogen-bond donors (Lipinski definition) is 3. The second kappa shape index (κ2) is 11.5. The highest BCUT2D eigenvalue weighted by Crippen LogP contribution is 2.24. The summed E-state index contributed by atoms with van der Waals surface area (Å²) >= 11 is 0. The highest BCUT2D eigenvalue weighted by Gasteiger charge is 2.22. The third-order valence-electron chi connectivity index (χ3n) is 5.51. The number of likely N-dealkylation sites (tertiary alicyclic amines) is 1. The topological polar surface area (TPSA) is 108 Å². The fourth-order valence-corrected chi connectivity index (χ4v) is 5.16. The number of sulfonamides is 1. The third-order valence-corrected chi connectivity index (χ3v) is 7.16. The Kier molecular flexibility index (Phi) is 5.86. The fraction of sp³-hybridized carbons (Fsp3) is 0.407. The van der Waals surface area contributed by atoms with Crippen LogP contribution in [0.25, 0.3) is 0 Å². The number of benzene rings is 2. The molecule has 0 spiro atoms. The van der Waals surface area contributed by atoms with Crippen molar-refractivity contribution in [1.82, 2.24) is 19.6 Å². The first-order valence-corrected chi connectivity index (χ1v) is 13.5. The number of anilines is 4. The summed E-state index contributed by atoms with van der Waals surface area (Å²) in [6.45, 7) is 0.744. The Morgan fingerprint density at radius 1 is 1.11 bits per heavy atom. The van der Waals surface area contributed by atoms with Gasteiger partial charge in [0.1, 0.15) is 18.2 Å². The van der Waals surface area contributed by atoms with Crippen LogP contribution in [0.15, 0.2) is 59.6 Å². The van der Waals surface area contributed by atoms with Crippen LogP contribution in [0.5, 0.6) is 5.75 Å². The molecular formula is C27H36N6O3S. The van der Waals surface area contributed by atoms with Crippen molar-refractivity contribution in [3.8, 4) is 5.75 Å². The van der Waals surface area contributed by atoms with Crippen LogP contribution < -0.4 is 20.1 Å². The van der Waals surface area contributed by atoms with Gasteiger partial charge in [-0.1, -0.05) is 6.07 Å². The van der Waals surface area contributed by atoms with E-state index in [-0.39, 0.29) is 22.3 Å². The lowest BCUT2D eigenvalue weighted by Gasteiger charge is -2.20. The van der Waals surface area contributed by atoms with Crippen molar-refractivity contribution in [1.29, 1.82) is 0 Å². The van der Waals surface area contributed by atoms with Crippen molar-refractivity contribution in [3.05, 3.63) is 60.3 Å². The van der Waals surface area contributed by atoms with Crippen LogP contribution in [0.3, 0.4) is 0 Å². The number of aromatic nitrogens is 2. The Hall–Kier alpha value is -3.21. The molecule has 0 unspecified atom stereocenters. The Bertz CT molecular complexity index is 1560. The van der Waals surface area contributed by atoms with Crippen LogP contribution in [0.1, 0.15) is 48.7 Å². The average molecular weight is 532 g/mol. The van der Waals surface area contributed by atoms with Gasteiger partial charge in [-0.05, 0) is 95.9 Å². The molecule has 1 aliphatic rings. The predicted octanol–water partition coefficient (Wildman–Crippen LogP) is 4.82. The molecule has 1 aliphatic heterocycles. The normalized spacial score (nSPS) is 17.9. The molecule has 0 amide bonds. The predicted molar refractivity (Wildman–Crippen MR) is 147 cm³/mol. The summed E-state index contributed by atoms with van der Waals surface area (Å²) in [6.07, 6.45) is 1.88. The summed E-state index contributed by atoms with van der Waals surface area (Å²) in [7, 11) is -4.28. The lowest BCUT2D eigenvalue weighted by molar-refractivity contribution is 0.238. The van der Waals surface area contributed by atoms with Gasteiger partial charge in [0.05, 0.1) is 6.27 Å². The number of rotatable bonds is 10. The molecule has 0 aliphatic carbocycles. The maximum absolute atomic E-state index is 13.0. The second-order valence-corrected chi connectivity index (χ2v) is 11.0. The standard InChI is InChI=1S/C27H36N6O3S/c1-20-19-28-26(30-21-10-12-23(13-11-21)36-17-16-33-14-5-6-15-33)31-25(20)29-22-8-7-9-24(18-22)37(34,35)32-27(2,3)4/h7-13,18-19,32H,5-6,14-17H2,1-4H3,(H2,28,29,30,31)/i1D3,2D3,19D. The number of nitrogens with zero attached hydrogens (tertiary/aromatic N) is 3. The first kappa shape index (κ1) is 18.9. The summed E-state index contributed by atoms with van der Waals surface area (Å²) in [6, 6.07) is 12.4.